The lowest BCUT2D eigenvalue weighted by atomic mass is 10.1. The number of alkyl halides is 4. The van der Waals surface area contributed by atoms with E-state index < -0.39 is 0 Å². The number of aryl methyl sites for hydroxylation is 2. The van der Waals surface area contributed by atoms with Crippen molar-refractivity contribution in [2.24, 2.45) is 0 Å². The molecule has 202 valence electrons. The summed E-state index contributed by atoms with van der Waals surface area (Å²) in [6, 6.07) is 14.8. The van der Waals surface area contributed by atoms with Crippen LogP contribution in [0.25, 0.3) is 24.3 Å². The van der Waals surface area contributed by atoms with Gasteiger partial charge in [0.2, 0.25) is 0 Å². The number of halogens is 4. The molecular weight excluding hydrogens is 558 g/mol. The van der Waals surface area contributed by atoms with Gasteiger partial charge in [-0.25, -0.2) is 9.97 Å². The molecular formula is C30H34Cl4N4. The van der Waals surface area contributed by atoms with E-state index in [0.29, 0.717) is 23.5 Å². The summed E-state index contributed by atoms with van der Waals surface area (Å²) >= 11 is 23.9. The molecule has 3 rings (SSSR count). The highest BCUT2D eigenvalue weighted by Crippen LogP contribution is 2.23. The summed E-state index contributed by atoms with van der Waals surface area (Å²) in [7, 11) is 0. The smallest absolute Gasteiger partial charge is 0.116 e. The molecule has 8 heteroatoms. The molecule has 4 nitrogen and oxygen atoms in total. The van der Waals surface area contributed by atoms with Crippen LogP contribution in [0.1, 0.15) is 33.6 Å². The Bertz CT molecular complexity index is 1130. The van der Waals surface area contributed by atoms with Crippen molar-refractivity contribution in [1.29, 1.82) is 0 Å². The van der Waals surface area contributed by atoms with Crippen LogP contribution >= 0.6 is 46.4 Å². The molecule has 1 aromatic heterocycles. The van der Waals surface area contributed by atoms with E-state index >= 15 is 0 Å². The van der Waals surface area contributed by atoms with Gasteiger partial charge in [-0.05, 0) is 78.6 Å². The summed E-state index contributed by atoms with van der Waals surface area (Å²) in [5, 5.41) is 0. The maximum Gasteiger partial charge on any atom is 0.116 e. The second-order valence-electron chi connectivity index (χ2n) is 8.85. The first-order valence-corrected chi connectivity index (χ1v) is 14.8. The molecule has 0 radical (unpaired) electrons. The van der Waals surface area contributed by atoms with Crippen LogP contribution in [0.3, 0.4) is 0 Å². The summed E-state index contributed by atoms with van der Waals surface area (Å²) in [4.78, 5) is 13.2. The minimum atomic E-state index is 0.564. The molecule has 2 aromatic carbocycles. The maximum atomic E-state index is 5.96. The Morgan fingerprint density at radius 1 is 0.579 bits per heavy atom. The summed E-state index contributed by atoms with van der Waals surface area (Å²) in [5.74, 6) is 2.26. The van der Waals surface area contributed by atoms with Gasteiger partial charge in [0.15, 0.2) is 0 Å². The van der Waals surface area contributed by atoms with Crippen molar-refractivity contribution in [3.05, 3.63) is 82.4 Å². The van der Waals surface area contributed by atoms with Crippen LogP contribution in [-0.4, -0.2) is 59.7 Å². The van der Waals surface area contributed by atoms with Crippen LogP contribution in [-0.2, 0) is 0 Å². The number of nitrogens with zero attached hydrogens (tertiary/aromatic N) is 4. The summed E-state index contributed by atoms with van der Waals surface area (Å²) in [5.41, 5.74) is 8.57. The van der Waals surface area contributed by atoms with Crippen LogP contribution in [0, 0.1) is 13.8 Å². The molecule has 38 heavy (non-hydrogen) atoms. The first-order chi connectivity index (χ1) is 18.5. The van der Waals surface area contributed by atoms with Gasteiger partial charge in [0.1, 0.15) is 6.33 Å². The molecule has 0 unspecified atom stereocenters. The van der Waals surface area contributed by atoms with Crippen molar-refractivity contribution in [1.82, 2.24) is 9.97 Å². The normalized spacial score (nSPS) is 11.5. The third kappa shape index (κ3) is 8.91. The summed E-state index contributed by atoms with van der Waals surface area (Å²) in [6.45, 7) is 7.29. The molecule has 0 saturated heterocycles. The van der Waals surface area contributed by atoms with Crippen molar-refractivity contribution in [2.45, 2.75) is 13.8 Å². The van der Waals surface area contributed by atoms with E-state index in [0.717, 1.165) is 60.1 Å². The number of aromatic nitrogens is 2. The van der Waals surface area contributed by atoms with Crippen molar-refractivity contribution in [2.75, 3.05) is 59.5 Å². The molecule has 0 aliphatic heterocycles. The Balaban J connectivity index is 1.72. The maximum absolute atomic E-state index is 5.96. The zero-order chi connectivity index (χ0) is 27.3. The van der Waals surface area contributed by atoms with E-state index in [4.69, 9.17) is 46.4 Å². The van der Waals surface area contributed by atoms with E-state index in [1.165, 1.54) is 11.1 Å². The van der Waals surface area contributed by atoms with Gasteiger partial charge in [-0.15, -0.1) is 46.4 Å². The average Bonchev–Trinajstić information content (AvgIpc) is 2.91. The highest BCUT2D eigenvalue weighted by molar-refractivity contribution is 6.19. The third-order valence-electron chi connectivity index (χ3n) is 6.23. The van der Waals surface area contributed by atoms with Gasteiger partial charge in [0.25, 0.3) is 0 Å². The van der Waals surface area contributed by atoms with E-state index in [2.05, 4.69) is 82.2 Å². The van der Waals surface area contributed by atoms with Crippen LogP contribution in [0.4, 0.5) is 11.4 Å². The van der Waals surface area contributed by atoms with Gasteiger partial charge >= 0.3 is 0 Å². The number of anilines is 2. The minimum Gasteiger partial charge on any atom is -0.369 e. The monoisotopic (exact) mass is 590 g/mol. The number of hydrogen-bond acceptors (Lipinski definition) is 4. The molecule has 3 aromatic rings. The van der Waals surface area contributed by atoms with Crippen molar-refractivity contribution in [3.8, 4) is 0 Å². The molecule has 0 aliphatic carbocycles. The Morgan fingerprint density at radius 3 is 1.32 bits per heavy atom. The first-order valence-electron chi connectivity index (χ1n) is 12.6. The van der Waals surface area contributed by atoms with Crippen molar-refractivity contribution < 1.29 is 0 Å². The van der Waals surface area contributed by atoms with Gasteiger partial charge < -0.3 is 9.80 Å². The molecule has 1 heterocycles. The van der Waals surface area contributed by atoms with Gasteiger partial charge in [0.05, 0.1) is 11.4 Å². The largest absolute Gasteiger partial charge is 0.369 e. The summed E-state index contributed by atoms with van der Waals surface area (Å²) in [6.07, 6.45) is 9.78. The standard InChI is InChI=1S/C30H34Cl4N4/c1-23-19-29(37(15-11-31)16-12-32)9-5-25(23)3-7-27-21-28(36-22-35-27)8-4-26-6-10-30(20-24(26)2)38(17-13-33)18-14-34/h3-10,19-22H,11-18H2,1-2H3/b7-3+,8-4+. The summed E-state index contributed by atoms with van der Waals surface area (Å²) < 4.78 is 0. The lowest BCUT2D eigenvalue weighted by Crippen LogP contribution is -2.27. The quantitative estimate of drug-likeness (QED) is 0.178. The van der Waals surface area contributed by atoms with Gasteiger partial charge in [-0.1, -0.05) is 24.3 Å². The lowest BCUT2D eigenvalue weighted by molar-refractivity contribution is 0.873. The molecule has 0 bridgehead atoms. The Labute approximate surface area is 246 Å². The zero-order valence-corrected chi connectivity index (χ0v) is 24.9. The minimum absolute atomic E-state index is 0.564. The average molecular weight is 592 g/mol. The second kappa shape index (κ2) is 16.0. The van der Waals surface area contributed by atoms with Gasteiger partial charge in [0, 0.05) is 61.1 Å². The molecule has 0 atom stereocenters. The fraction of sp³-hybridized carbons (Fsp3) is 0.333. The molecule has 0 amide bonds. The lowest BCUT2D eigenvalue weighted by Gasteiger charge is -2.23. The highest BCUT2D eigenvalue weighted by Gasteiger charge is 2.08. The van der Waals surface area contributed by atoms with Gasteiger partial charge in [-0.2, -0.15) is 0 Å². The molecule has 0 spiro atoms. The van der Waals surface area contributed by atoms with E-state index in [1.54, 1.807) is 6.33 Å². The molecule has 0 N–H and O–H groups in total. The van der Waals surface area contributed by atoms with Crippen LogP contribution in [0.2, 0.25) is 0 Å². The molecule has 0 aliphatic rings. The van der Waals surface area contributed by atoms with E-state index in [9.17, 15) is 0 Å². The third-order valence-corrected chi connectivity index (χ3v) is 6.91. The zero-order valence-electron chi connectivity index (χ0n) is 21.9. The first kappa shape index (κ1) is 30.3. The molecule has 0 fully saturated rings. The van der Waals surface area contributed by atoms with Crippen LogP contribution in [0.15, 0.2) is 48.8 Å². The van der Waals surface area contributed by atoms with Crippen LogP contribution in [0.5, 0.6) is 0 Å². The second-order valence-corrected chi connectivity index (χ2v) is 10.4. The van der Waals surface area contributed by atoms with Crippen molar-refractivity contribution in [3.63, 3.8) is 0 Å². The fourth-order valence-electron chi connectivity index (χ4n) is 4.16. The predicted octanol–water partition coefficient (Wildman–Crippen LogP) is 8.00. The topological polar surface area (TPSA) is 32.3 Å². The highest BCUT2D eigenvalue weighted by atomic mass is 35.5. The Kier molecular flexibility index (Phi) is 12.8. The Morgan fingerprint density at radius 2 is 0.974 bits per heavy atom. The predicted molar refractivity (Wildman–Crippen MR) is 170 cm³/mol. The van der Waals surface area contributed by atoms with Crippen LogP contribution < -0.4 is 9.80 Å². The Hall–Kier alpha value is -2.24. The fourth-order valence-corrected chi connectivity index (χ4v) is 4.97. The number of rotatable bonds is 14. The van der Waals surface area contributed by atoms with Gasteiger partial charge in [-0.3, -0.25) is 0 Å². The van der Waals surface area contributed by atoms with E-state index in [1.807, 2.05) is 18.2 Å². The van der Waals surface area contributed by atoms with Crippen molar-refractivity contribution >= 4 is 82.1 Å². The SMILES string of the molecule is Cc1cc(N(CCCl)CCCl)ccc1/C=C/c1cc(/C=C/c2ccc(N(CCCl)CCCl)cc2C)ncn1. The number of hydrogen-bond donors (Lipinski definition) is 0. The van der Waals surface area contributed by atoms with E-state index in [-0.39, 0.29) is 0 Å². The molecule has 0 saturated carbocycles. The number of benzene rings is 2.